The normalized spacial score (nSPS) is 11.3. The minimum Gasteiger partial charge on any atom is -0.462 e. The third-order valence-electron chi connectivity index (χ3n) is 7.64. The van der Waals surface area contributed by atoms with E-state index in [1.54, 1.807) is 60.7 Å². The summed E-state index contributed by atoms with van der Waals surface area (Å²) < 4.78 is 10.9. The van der Waals surface area contributed by atoms with Gasteiger partial charge in [-0.25, -0.2) is 9.59 Å². The maximum atomic E-state index is 12.4. The van der Waals surface area contributed by atoms with Crippen molar-refractivity contribution >= 4 is 35.2 Å². The van der Waals surface area contributed by atoms with Crippen LogP contribution in [0, 0.1) is 36.5 Å². The number of aryl methyl sites for hydroxylation is 2. The predicted molar refractivity (Wildman–Crippen MR) is 186 cm³/mol. The smallest absolute Gasteiger partial charge is 0.338 e. The first-order valence-electron chi connectivity index (χ1n) is 15.8. The number of ether oxygens (including phenoxy) is 2. The third-order valence-corrected chi connectivity index (χ3v) is 7.64. The van der Waals surface area contributed by atoms with Gasteiger partial charge < -0.3 is 9.47 Å². The molecule has 0 spiro atoms. The van der Waals surface area contributed by atoms with E-state index in [-0.39, 0.29) is 11.9 Å². The highest BCUT2D eigenvalue weighted by atomic mass is 16.5. The summed E-state index contributed by atoms with van der Waals surface area (Å²) in [6.07, 6.45) is 7.88. The summed E-state index contributed by atoms with van der Waals surface area (Å²) >= 11 is 0. The SMILES string of the molecule is Cc1ccc(/C(C#N)=C/c2ccc(C(=O)OCCCCCCCOC(=O)c3ccc(/C=C(/C#N)c4ccc(C)cc4)cc3)cc2)cc1. The van der Waals surface area contributed by atoms with Crippen molar-refractivity contribution < 1.29 is 19.1 Å². The molecule has 4 aromatic rings. The summed E-state index contributed by atoms with van der Waals surface area (Å²) in [7, 11) is 0. The van der Waals surface area contributed by atoms with Crippen LogP contribution < -0.4 is 0 Å². The van der Waals surface area contributed by atoms with Crippen LogP contribution >= 0.6 is 0 Å². The van der Waals surface area contributed by atoms with E-state index in [0.29, 0.717) is 35.5 Å². The number of benzene rings is 4. The quantitative estimate of drug-likeness (QED) is 0.0601. The Kier molecular flexibility index (Phi) is 12.9. The number of rotatable bonds is 14. The van der Waals surface area contributed by atoms with Crippen molar-refractivity contribution in [3.05, 3.63) is 142 Å². The van der Waals surface area contributed by atoms with E-state index in [1.807, 2.05) is 62.4 Å². The molecule has 0 saturated carbocycles. The van der Waals surface area contributed by atoms with E-state index in [2.05, 4.69) is 12.1 Å². The zero-order chi connectivity index (χ0) is 33.4. The van der Waals surface area contributed by atoms with Gasteiger partial charge in [-0.3, -0.25) is 0 Å². The zero-order valence-electron chi connectivity index (χ0n) is 26.9. The third kappa shape index (κ3) is 10.7. The van der Waals surface area contributed by atoms with Gasteiger partial charge in [-0.1, -0.05) is 103 Å². The van der Waals surface area contributed by atoms with Gasteiger partial charge in [-0.05, 0) is 85.4 Å². The standard InChI is InChI=1S/C41H38N2O4/c1-30-8-16-34(17-9-30)38(28-42)26-32-12-20-36(21-13-32)40(44)46-24-6-4-3-5-7-25-47-41(45)37-22-14-33(15-23-37)27-39(29-43)35-18-10-31(2)11-19-35/h8-23,26-27H,3-7,24-25H2,1-2H3/b38-26-,39-27+. The van der Waals surface area contributed by atoms with Crippen LogP contribution in [0.1, 0.15) is 86.2 Å². The first-order valence-corrected chi connectivity index (χ1v) is 15.8. The topological polar surface area (TPSA) is 100 Å². The number of nitrogens with zero attached hydrogens (tertiary/aromatic N) is 2. The van der Waals surface area contributed by atoms with Crippen LogP contribution in [0.5, 0.6) is 0 Å². The minimum atomic E-state index is -0.368. The minimum absolute atomic E-state index is 0.341. The molecule has 0 aliphatic carbocycles. The highest BCUT2D eigenvalue weighted by molar-refractivity contribution is 5.93. The molecule has 0 bridgehead atoms. The van der Waals surface area contributed by atoms with Gasteiger partial charge in [-0.2, -0.15) is 10.5 Å². The maximum absolute atomic E-state index is 12.4. The number of esters is 2. The molecule has 0 N–H and O–H groups in total. The van der Waals surface area contributed by atoms with Gasteiger partial charge in [0.15, 0.2) is 0 Å². The van der Waals surface area contributed by atoms with Crippen LogP contribution in [0.25, 0.3) is 23.3 Å². The molecule has 4 aromatic carbocycles. The number of carbonyl (C=O) groups excluding carboxylic acids is 2. The van der Waals surface area contributed by atoms with Crippen molar-refractivity contribution in [2.75, 3.05) is 13.2 Å². The number of unbranched alkanes of at least 4 members (excludes halogenated alkanes) is 4. The van der Waals surface area contributed by atoms with Crippen LogP contribution in [0.15, 0.2) is 97.1 Å². The first-order chi connectivity index (χ1) is 22.9. The van der Waals surface area contributed by atoms with Gasteiger partial charge in [-0.15, -0.1) is 0 Å². The van der Waals surface area contributed by atoms with Crippen molar-refractivity contribution in [3.8, 4) is 12.1 Å². The van der Waals surface area contributed by atoms with E-state index >= 15 is 0 Å². The molecule has 47 heavy (non-hydrogen) atoms. The average molecular weight is 623 g/mol. The molecule has 6 nitrogen and oxygen atoms in total. The van der Waals surface area contributed by atoms with Crippen LogP contribution in [0.3, 0.4) is 0 Å². The monoisotopic (exact) mass is 622 g/mol. The molecule has 0 heterocycles. The summed E-state index contributed by atoms with van der Waals surface area (Å²) in [6.45, 7) is 4.69. The Bertz CT molecular complexity index is 1650. The molecule has 0 atom stereocenters. The second-order valence-electron chi connectivity index (χ2n) is 11.4. The number of hydrogen-bond donors (Lipinski definition) is 0. The van der Waals surface area contributed by atoms with E-state index in [9.17, 15) is 20.1 Å². The van der Waals surface area contributed by atoms with Crippen molar-refractivity contribution in [2.45, 2.75) is 46.0 Å². The van der Waals surface area contributed by atoms with Gasteiger partial charge in [0.25, 0.3) is 0 Å². The van der Waals surface area contributed by atoms with Crippen molar-refractivity contribution in [1.29, 1.82) is 10.5 Å². The predicted octanol–water partition coefficient (Wildman–Crippen LogP) is 9.40. The van der Waals surface area contributed by atoms with E-state index in [0.717, 1.165) is 65.5 Å². The molecule has 6 heteroatoms. The van der Waals surface area contributed by atoms with E-state index < -0.39 is 0 Å². The lowest BCUT2D eigenvalue weighted by atomic mass is 10.0. The van der Waals surface area contributed by atoms with E-state index in [4.69, 9.17) is 9.47 Å². The molecule has 0 aliphatic rings. The molecule has 4 rings (SSSR count). The molecule has 0 aliphatic heterocycles. The Morgan fingerprint density at radius 1 is 0.511 bits per heavy atom. The Hall–Kier alpha value is -5.72. The second kappa shape index (κ2) is 17.7. The summed E-state index contributed by atoms with van der Waals surface area (Å²) in [5, 5.41) is 19.1. The summed E-state index contributed by atoms with van der Waals surface area (Å²) in [5.74, 6) is -0.736. The Labute approximate surface area is 277 Å². The van der Waals surface area contributed by atoms with Crippen LogP contribution in [0.2, 0.25) is 0 Å². The molecule has 0 aromatic heterocycles. The van der Waals surface area contributed by atoms with Crippen LogP contribution in [-0.2, 0) is 9.47 Å². The van der Waals surface area contributed by atoms with E-state index in [1.165, 1.54) is 0 Å². The highest BCUT2D eigenvalue weighted by Gasteiger charge is 2.09. The second-order valence-corrected chi connectivity index (χ2v) is 11.4. The molecular formula is C41H38N2O4. The zero-order valence-corrected chi connectivity index (χ0v) is 26.9. The molecule has 0 amide bonds. The molecule has 0 saturated heterocycles. The lowest BCUT2D eigenvalue weighted by Gasteiger charge is -2.07. The lowest BCUT2D eigenvalue weighted by molar-refractivity contribution is 0.0496. The Morgan fingerprint density at radius 3 is 1.17 bits per heavy atom. The van der Waals surface area contributed by atoms with Gasteiger partial charge in [0.05, 0.1) is 47.6 Å². The summed E-state index contributed by atoms with van der Waals surface area (Å²) in [6, 6.07) is 34.1. The number of nitriles is 2. The fraction of sp³-hybridized carbons (Fsp3) is 0.220. The van der Waals surface area contributed by atoms with Crippen LogP contribution in [-0.4, -0.2) is 25.2 Å². The Balaban J connectivity index is 1.10. The van der Waals surface area contributed by atoms with Crippen molar-refractivity contribution in [1.82, 2.24) is 0 Å². The highest BCUT2D eigenvalue weighted by Crippen LogP contribution is 2.20. The van der Waals surface area contributed by atoms with Gasteiger partial charge in [0.2, 0.25) is 0 Å². The fourth-order valence-electron chi connectivity index (χ4n) is 4.82. The lowest BCUT2D eigenvalue weighted by Crippen LogP contribution is -2.07. The summed E-state index contributed by atoms with van der Waals surface area (Å²) in [4.78, 5) is 24.9. The maximum Gasteiger partial charge on any atom is 0.338 e. The van der Waals surface area contributed by atoms with Gasteiger partial charge in [0.1, 0.15) is 0 Å². The largest absolute Gasteiger partial charge is 0.462 e. The molecule has 236 valence electrons. The number of hydrogen-bond acceptors (Lipinski definition) is 6. The van der Waals surface area contributed by atoms with Gasteiger partial charge >= 0.3 is 11.9 Å². The van der Waals surface area contributed by atoms with Gasteiger partial charge in [0, 0.05) is 0 Å². The van der Waals surface area contributed by atoms with Crippen molar-refractivity contribution in [3.63, 3.8) is 0 Å². The molecule has 0 unspecified atom stereocenters. The number of allylic oxidation sites excluding steroid dienone is 2. The molecule has 0 fully saturated rings. The molecule has 0 radical (unpaired) electrons. The molecular weight excluding hydrogens is 584 g/mol. The first kappa shape index (κ1) is 34.2. The Morgan fingerprint density at radius 2 is 0.830 bits per heavy atom. The van der Waals surface area contributed by atoms with Crippen molar-refractivity contribution in [2.24, 2.45) is 0 Å². The average Bonchev–Trinajstić information content (AvgIpc) is 3.10. The fourth-order valence-corrected chi connectivity index (χ4v) is 4.82. The summed E-state index contributed by atoms with van der Waals surface area (Å²) in [5.41, 5.74) is 7.69. The number of carbonyl (C=O) groups is 2. The van der Waals surface area contributed by atoms with Crippen LogP contribution in [0.4, 0.5) is 0 Å².